The van der Waals surface area contributed by atoms with Crippen molar-refractivity contribution in [1.82, 2.24) is 0 Å². The third-order valence-corrected chi connectivity index (χ3v) is 4.78. The molecular weight excluding hydrogens is 204 g/mol. The van der Waals surface area contributed by atoms with Crippen LogP contribution in [0.15, 0.2) is 23.8 Å². The highest BCUT2D eigenvalue weighted by Crippen LogP contribution is 2.40. The van der Waals surface area contributed by atoms with E-state index in [9.17, 15) is 0 Å². The molecule has 0 aromatic carbocycles. The zero-order valence-electron chi connectivity index (χ0n) is 12.4. The van der Waals surface area contributed by atoms with Crippen LogP contribution in [0.25, 0.3) is 0 Å². The van der Waals surface area contributed by atoms with Crippen molar-refractivity contribution in [2.24, 2.45) is 17.3 Å². The molecule has 0 nitrogen and oxygen atoms in total. The first-order chi connectivity index (χ1) is 8.01. The Labute approximate surface area is 108 Å². The summed E-state index contributed by atoms with van der Waals surface area (Å²) in [6.45, 7) is 12.0. The smallest absolute Gasteiger partial charge is 0.0197 e. The molecule has 0 N–H and O–H groups in total. The molecule has 0 heterocycles. The summed E-state index contributed by atoms with van der Waals surface area (Å²) >= 11 is 0. The summed E-state index contributed by atoms with van der Waals surface area (Å²) in [7, 11) is 0. The fourth-order valence-electron chi connectivity index (χ4n) is 2.89. The molecule has 0 saturated carbocycles. The molecule has 17 heavy (non-hydrogen) atoms. The van der Waals surface area contributed by atoms with Crippen molar-refractivity contribution >= 4 is 0 Å². The zero-order valence-corrected chi connectivity index (χ0v) is 12.4. The van der Waals surface area contributed by atoms with E-state index in [4.69, 9.17) is 0 Å². The summed E-state index contributed by atoms with van der Waals surface area (Å²) in [4.78, 5) is 0. The monoisotopic (exact) mass is 234 g/mol. The third kappa shape index (κ3) is 4.01. The van der Waals surface area contributed by atoms with E-state index in [1.165, 1.54) is 32.1 Å². The van der Waals surface area contributed by atoms with Crippen LogP contribution < -0.4 is 0 Å². The van der Waals surface area contributed by atoms with Crippen LogP contribution in [-0.4, -0.2) is 0 Å². The van der Waals surface area contributed by atoms with Gasteiger partial charge in [0.1, 0.15) is 0 Å². The van der Waals surface area contributed by atoms with Gasteiger partial charge in [0.25, 0.3) is 0 Å². The highest BCUT2D eigenvalue weighted by Gasteiger charge is 2.28. The zero-order chi connectivity index (χ0) is 12.9. The molecule has 0 saturated heterocycles. The van der Waals surface area contributed by atoms with Gasteiger partial charge in [0.15, 0.2) is 0 Å². The molecule has 0 aromatic heterocycles. The SMILES string of the molecule is CCC(CC(C)(C)C(C)CC)C1=CC=CCC1. The second-order valence-corrected chi connectivity index (χ2v) is 6.32. The number of rotatable bonds is 6. The largest absolute Gasteiger partial charge is 0.0842 e. The highest BCUT2D eigenvalue weighted by molar-refractivity contribution is 5.20. The standard InChI is InChI=1S/C17H30/c1-6-14(3)17(4,5)13-15(7-2)16-11-9-8-10-12-16/h8-9,11,14-15H,6-7,10,12-13H2,1-5H3. The molecule has 1 rings (SSSR count). The Hall–Kier alpha value is -0.520. The van der Waals surface area contributed by atoms with Crippen LogP contribution in [0.4, 0.5) is 0 Å². The first kappa shape index (κ1) is 14.5. The summed E-state index contributed by atoms with van der Waals surface area (Å²) in [6, 6.07) is 0. The van der Waals surface area contributed by atoms with E-state index in [1.807, 2.05) is 0 Å². The van der Waals surface area contributed by atoms with Gasteiger partial charge in [-0.15, -0.1) is 0 Å². The van der Waals surface area contributed by atoms with E-state index in [0.29, 0.717) is 5.41 Å². The van der Waals surface area contributed by atoms with Crippen molar-refractivity contribution < 1.29 is 0 Å². The van der Waals surface area contributed by atoms with Gasteiger partial charge in [-0.2, -0.15) is 0 Å². The van der Waals surface area contributed by atoms with Crippen LogP contribution in [-0.2, 0) is 0 Å². The number of hydrogen-bond donors (Lipinski definition) is 0. The Morgan fingerprint density at radius 3 is 2.41 bits per heavy atom. The molecule has 0 heteroatoms. The van der Waals surface area contributed by atoms with Crippen molar-refractivity contribution in [2.75, 3.05) is 0 Å². The van der Waals surface area contributed by atoms with Crippen molar-refractivity contribution in [3.8, 4) is 0 Å². The molecule has 2 unspecified atom stereocenters. The quantitative estimate of drug-likeness (QED) is 0.549. The van der Waals surface area contributed by atoms with Crippen LogP contribution in [0.2, 0.25) is 0 Å². The third-order valence-electron chi connectivity index (χ3n) is 4.78. The molecule has 1 aliphatic carbocycles. The van der Waals surface area contributed by atoms with Gasteiger partial charge in [-0.05, 0) is 42.9 Å². The highest BCUT2D eigenvalue weighted by atomic mass is 14.3. The number of allylic oxidation sites excluding steroid dienone is 4. The maximum Gasteiger partial charge on any atom is -0.0197 e. The molecule has 0 aromatic rings. The first-order valence-electron chi connectivity index (χ1n) is 7.36. The fraction of sp³-hybridized carbons (Fsp3) is 0.765. The van der Waals surface area contributed by atoms with E-state index >= 15 is 0 Å². The fourth-order valence-corrected chi connectivity index (χ4v) is 2.89. The van der Waals surface area contributed by atoms with Crippen LogP contribution in [0.3, 0.4) is 0 Å². The van der Waals surface area contributed by atoms with Gasteiger partial charge in [0.2, 0.25) is 0 Å². The molecule has 1 aliphatic rings. The van der Waals surface area contributed by atoms with Gasteiger partial charge in [-0.25, -0.2) is 0 Å². The molecule has 2 atom stereocenters. The molecule has 0 aliphatic heterocycles. The Balaban J connectivity index is 2.69. The van der Waals surface area contributed by atoms with E-state index in [0.717, 1.165) is 11.8 Å². The van der Waals surface area contributed by atoms with E-state index < -0.39 is 0 Å². The second-order valence-electron chi connectivity index (χ2n) is 6.32. The van der Waals surface area contributed by atoms with Gasteiger partial charge in [0, 0.05) is 0 Å². The molecule has 0 bridgehead atoms. The molecular formula is C17H30. The van der Waals surface area contributed by atoms with Crippen LogP contribution in [0.5, 0.6) is 0 Å². The topological polar surface area (TPSA) is 0 Å². The lowest BCUT2D eigenvalue weighted by atomic mass is 9.70. The molecule has 0 radical (unpaired) electrons. The van der Waals surface area contributed by atoms with Crippen molar-refractivity contribution in [1.29, 1.82) is 0 Å². The Morgan fingerprint density at radius 1 is 1.24 bits per heavy atom. The Bertz CT molecular complexity index is 280. The van der Waals surface area contributed by atoms with E-state index in [1.54, 1.807) is 5.57 Å². The average Bonchev–Trinajstić information content (AvgIpc) is 2.36. The van der Waals surface area contributed by atoms with E-state index in [-0.39, 0.29) is 0 Å². The summed E-state index contributed by atoms with van der Waals surface area (Å²) in [6.07, 6.45) is 13.4. The van der Waals surface area contributed by atoms with Crippen LogP contribution >= 0.6 is 0 Å². The predicted molar refractivity (Wildman–Crippen MR) is 78.1 cm³/mol. The number of hydrogen-bond acceptors (Lipinski definition) is 0. The lowest BCUT2D eigenvalue weighted by Crippen LogP contribution is -2.25. The minimum atomic E-state index is 0.470. The normalized spacial score (nSPS) is 19.9. The summed E-state index contributed by atoms with van der Waals surface area (Å²) < 4.78 is 0. The molecule has 98 valence electrons. The maximum atomic E-state index is 2.45. The Morgan fingerprint density at radius 2 is 1.94 bits per heavy atom. The van der Waals surface area contributed by atoms with Crippen LogP contribution in [0.1, 0.15) is 66.7 Å². The summed E-state index contributed by atoms with van der Waals surface area (Å²) in [5, 5.41) is 0. The molecule has 0 fully saturated rings. The lowest BCUT2D eigenvalue weighted by Gasteiger charge is -2.36. The maximum absolute atomic E-state index is 2.45. The minimum Gasteiger partial charge on any atom is -0.0842 e. The van der Waals surface area contributed by atoms with Gasteiger partial charge in [0.05, 0.1) is 0 Å². The van der Waals surface area contributed by atoms with Gasteiger partial charge < -0.3 is 0 Å². The van der Waals surface area contributed by atoms with E-state index in [2.05, 4.69) is 52.8 Å². The van der Waals surface area contributed by atoms with Crippen molar-refractivity contribution in [2.45, 2.75) is 66.7 Å². The van der Waals surface area contributed by atoms with Crippen molar-refractivity contribution in [3.05, 3.63) is 23.8 Å². The van der Waals surface area contributed by atoms with Gasteiger partial charge in [-0.1, -0.05) is 64.8 Å². The second kappa shape index (κ2) is 6.42. The molecule has 0 amide bonds. The average molecular weight is 234 g/mol. The summed E-state index contributed by atoms with van der Waals surface area (Å²) in [5.41, 5.74) is 2.16. The Kier molecular flexibility index (Phi) is 5.49. The van der Waals surface area contributed by atoms with Crippen LogP contribution in [0, 0.1) is 17.3 Å². The summed E-state index contributed by atoms with van der Waals surface area (Å²) in [5.74, 6) is 1.61. The van der Waals surface area contributed by atoms with Gasteiger partial charge >= 0.3 is 0 Å². The van der Waals surface area contributed by atoms with Gasteiger partial charge in [-0.3, -0.25) is 0 Å². The first-order valence-corrected chi connectivity index (χ1v) is 7.36. The van der Waals surface area contributed by atoms with Crippen molar-refractivity contribution in [3.63, 3.8) is 0 Å². The molecule has 0 spiro atoms. The minimum absolute atomic E-state index is 0.470. The lowest BCUT2D eigenvalue weighted by molar-refractivity contribution is 0.177. The predicted octanol–water partition coefficient (Wildman–Crippen LogP) is 5.75.